The fourth-order valence-corrected chi connectivity index (χ4v) is 3.00. The first kappa shape index (κ1) is 12.1. The number of Topliss-reactive ketones (excluding diaryl/α,β-unsaturated/α-hetero) is 1. The van der Waals surface area contributed by atoms with E-state index in [2.05, 4.69) is 16.6 Å². The third-order valence-electron chi connectivity index (χ3n) is 2.64. The van der Waals surface area contributed by atoms with Gasteiger partial charge in [0, 0.05) is 6.42 Å². The second-order valence-electron chi connectivity index (χ2n) is 3.75. The molecule has 1 unspecified atom stereocenters. The first-order valence-corrected chi connectivity index (χ1v) is 6.59. The van der Waals surface area contributed by atoms with Crippen LogP contribution in [0.4, 0.5) is 0 Å². The highest BCUT2D eigenvalue weighted by atomic mass is 32.1. The lowest BCUT2D eigenvalue weighted by Crippen LogP contribution is -2.39. The second-order valence-corrected chi connectivity index (χ2v) is 5.08. The van der Waals surface area contributed by atoms with E-state index in [9.17, 15) is 4.79 Å². The maximum atomic E-state index is 11.7. The van der Waals surface area contributed by atoms with Gasteiger partial charge in [0.25, 0.3) is 0 Å². The molecule has 0 saturated carbocycles. The first-order valence-electron chi connectivity index (χ1n) is 5.31. The van der Waals surface area contributed by atoms with Crippen molar-refractivity contribution < 1.29 is 4.79 Å². The SMILES string of the molecule is C#CCNC(=S)NC1CCC(=O)c2sccc21. The summed E-state index contributed by atoms with van der Waals surface area (Å²) in [6.45, 7) is 0.411. The number of fused-ring (bicyclic) bond motifs is 1. The molecule has 1 aromatic heterocycles. The molecule has 2 N–H and O–H groups in total. The van der Waals surface area contributed by atoms with Crippen molar-refractivity contribution in [2.24, 2.45) is 0 Å². The summed E-state index contributed by atoms with van der Waals surface area (Å²) in [7, 11) is 0. The molecule has 2 rings (SSSR count). The number of thiophene rings is 1. The quantitative estimate of drug-likeness (QED) is 0.632. The van der Waals surface area contributed by atoms with Crippen LogP contribution in [0.2, 0.25) is 0 Å². The van der Waals surface area contributed by atoms with Gasteiger partial charge < -0.3 is 10.6 Å². The third kappa shape index (κ3) is 2.65. The Morgan fingerprint density at radius 3 is 3.29 bits per heavy atom. The standard InChI is InChI=1S/C12H12N2OS2/c1-2-6-13-12(16)14-9-3-4-10(15)11-8(9)5-7-17-11/h1,5,7,9H,3-4,6H2,(H2,13,14,16). The largest absolute Gasteiger partial charge is 0.356 e. The van der Waals surface area contributed by atoms with Crippen molar-refractivity contribution in [2.75, 3.05) is 6.54 Å². The van der Waals surface area contributed by atoms with Crippen LogP contribution in [-0.2, 0) is 0 Å². The number of carbonyl (C=O) groups is 1. The van der Waals surface area contributed by atoms with Gasteiger partial charge in [-0.2, -0.15) is 0 Å². The summed E-state index contributed by atoms with van der Waals surface area (Å²) < 4.78 is 0. The molecule has 0 radical (unpaired) electrons. The Labute approximate surface area is 110 Å². The van der Waals surface area contributed by atoms with Crippen LogP contribution in [-0.4, -0.2) is 17.4 Å². The van der Waals surface area contributed by atoms with Gasteiger partial charge in [-0.3, -0.25) is 4.79 Å². The smallest absolute Gasteiger partial charge is 0.173 e. The summed E-state index contributed by atoms with van der Waals surface area (Å²) >= 11 is 6.63. The van der Waals surface area contributed by atoms with Crippen LogP contribution in [0.3, 0.4) is 0 Å². The molecule has 0 fully saturated rings. The van der Waals surface area contributed by atoms with E-state index in [4.69, 9.17) is 18.6 Å². The van der Waals surface area contributed by atoms with Gasteiger partial charge in [-0.15, -0.1) is 17.8 Å². The van der Waals surface area contributed by atoms with Gasteiger partial charge in [-0.05, 0) is 35.6 Å². The number of thiocarbonyl (C=S) groups is 1. The van der Waals surface area contributed by atoms with Crippen LogP contribution >= 0.6 is 23.6 Å². The molecule has 17 heavy (non-hydrogen) atoms. The fourth-order valence-electron chi connectivity index (χ4n) is 1.86. The van der Waals surface area contributed by atoms with Gasteiger partial charge in [-0.25, -0.2) is 0 Å². The molecular weight excluding hydrogens is 252 g/mol. The molecule has 0 aromatic carbocycles. The Balaban J connectivity index is 2.05. The number of hydrogen-bond acceptors (Lipinski definition) is 3. The van der Waals surface area contributed by atoms with Gasteiger partial charge in [0.05, 0.1) is 17.5 Å². The molecule has 0 spiro atoms. The van der Waals surface area contributed by atoms with Crippen molar-refractivity contribution in [2.45, 2.75) is 18.9 Å². The van der Waals surface area contributed by atoms with Crippen LogP contribution in [0.1, 0.15) is 34.1 Å². The maximum absolute atomic E-state index is 11.7. The Bertz CT molecular complexity index is 487. The van der Waals surface area contributed by atoms with Crippen LogP contribution in [0, 0.1) is 12.3 Å². The first-order chi connectivity index (χ1) is 8.22. The molecule has 3 nitrogen and oxygen atoms in total. The van der Waals surface area contributed by atoms with Crippen molar-refractivity contribution in [3.8, 4) is 12.3 Å². The van der Waals surface area contributed by atoms with Gasteiger partial charge in [0.1, 0.15) is 0 Å². The number of rotatable bonds is 2. The zero-order chi connectivity index (χ0) is 12.3. The zero-order valence-corrected chi connectivity index (χ0v) is 10.8. The average Bonchev–Trinajstić information content (AvgIpc) is 2.80. The predicted octanol–water partition coefficient (Wildman–Crippen LogP) is 1.86. The van der Waals surface area contributed by atoms with Gasteiger partial charge in [0.15, 0.2) is 10.9 Å². The minimum Gasteiger partial charge on any atom is -0.356 e. The molecule has 5 heteroatoms. The van der Waals surface area contributed by atoms with Gasteiger partial charge in [0.2, 0.25) is 0 Å². The lowest BCUT2D eigenvalue weighted by Gasteiger charge is -2.24. The summed E-state index contributed by atoms with van der Waals surface area (Å²) in [5, 5.41) is 8.60. The minimum absolute atomic E-state index is 0.117. The summed E-state index contributed by atoms with van der Waals surface area (Å²) in [6, 6.07) is 2.10. The molecule has 1 aliphatic rings. The Hall–Kier alpha value is -1.38. The molecule has 1 aliphatic carbocycles. The van der Waals surface area contributed by atoms with Crippen molar-refractivity contribution in [3.05, 3.63) is 21.9 Å². The molecular formula is C12H12N2OS2. The Morgan fingerprint density at radius 2 is 2.53 bits per heavy atom. The molecule has 1 atom stereocenters. The number of ketones is 1. The molecule has 1 heterocycles. The van der Waals surface area contributed by atoms with Crippen molar-refractivity contribution >= 4 is 34.5 Å². The summed E-state index contributed by atoms with van der Waals surface area (Å²) in [5.41, 5.74) is 1.05. The molecule has 0 aliphatic heterocycles. The maximum Gasteiger partial charge on any atom is 0.173 e. The van der Waals surface area contributed by atoms with E-state index in [0.717, 1.165) is 16.9 Å². The van der Waals surface area contributed by atoms with Crippen LogP contribution < -0.4 is 10.6 Å². The van der Waals surface area contributed by atoms with E-state index in [0.29, 0.717) is 18.1 Å². The molecule has 0 bridgehead atoms. The Kier molecular flexibility index (Phi) is 3.77. The zero-order valence-electron chi connectivity index (χ0n) is 9.16. The van der Waals surface area contributed by atoms with E-state index >= 15 is 0 Å². The van der Waals surface area contributed by atoms with E-state index in [1.807, 2.05) is 11.4 Å². The van der Waals surface area contributed by atoms with Crippen LogP contribution in [0.25, 0.3) is 0 Å². The van der Waals surface area contributed by atoms with Gasteiger partial charge in [-0.1, -0.05) is 5.92 Å². The van der Waals surface area contributed by atoms with Crippen LogP contribution in [0.15, 0.2) is 11.4 Å². The van der Waals surface area contributed by atoms with Gasteiger partial charge >= 0.3 is 0 Å². The highest BCUT2D eigenvalue weighted by molar-refractivity contribution is 7.80. The molecule has 0 amide bonds. The number of nitrogens with one attached hydrogen (secondary N) is 2. The molecule has 88 valence electrons. The monoisotopic (exact) mass is 264 g/mol. The van der Waals surface area contributed by atoms with Crippen LogP contribution in [0.5, 0.6) is 0 Å². The third-order valence-corrected chi connectivity index (χ3v) is 3.87. The Morgan fingerprint density at radius 1 is 1.71 bits per heavy atom. The average molecular weight is 264 g/mol. The van der Waals surface area contributed by atoms with E-state index in [1.54, 1.807) is 0 Å². The highest BCUT2D eigenvalue weighted by Crippen LogP contribution is 2.33. The number of hydrogen-bond donors (Lipinski definition) is 2. The lowest BCUT2D eigenvalue weighted by molar-refractivity contribution is 0.0970. The van der Waals surface area contributed by atoms with E-state index in [1.165, 1.54) is 11.3 Å². The summed E-state index contributed by atoms with van der Waals surface area (Å²) in [5.74, 6) is 2.70. The van der Waals surface area contributed by atoms with Crippen molar-refractivity contribution in [3.63, 3.8) is 0 Å². The van der Waals surface area contributed by atoms with E-state index in [-0.39, 0.29) is 11.8 Å². The summed E-state index contributed by atoms with van der Waals surface area (Å²) in [4.78, 5) is 12.5. The molecule has 0 saturated heterocycles. The number of carbonyl (C=O) groups excluding carboxylic acids is 1. The lowest BCUT2D eigenvalue weighted by atomic mass is 9.93. The van der Waals surface area contributed by atoms with Crippen molar-refractivity contribution in [1.82, 2.24) is 10.6 Å². The normalized spacial score (nSPS) is 18.1. The topological polar surface area (TPSA) is 41.1 Å². The summed E-state index contributed by atoms with van der Waals surface area (Å²) in [6.07, 6.45) is 6.50. The second kappa shape index (κ2) is 5.30. The predicted molar refractivity (Wildman–Crippen MR) is 73.2 cm³/mol. The van der Waals surface area contributed by atoms with Crippen molar-refractivity contribution in [1.29, 1.82) is 0 Å². The molecule has 1 aromatic rings. The van der Waals surface area contributed by atoms with E-state index < -0.39 is 0 Å². The fraction of sp³-hybridized carbons (Fsp3) is 0.333. The minimum atomic E-state index is 0.117. The number of terminal acetylenes is 1. The highest BCUT2D eigenvalue weighted by Gasteiger charge is 2.26.